The van der Waals surface area contributed by atoms with Crippen LogP contribution < -0.4 is 0 Å². The van der Waals surface area contributed by atoms with Crippen LogP contribution in [-0.4, -0.2) is 26.2 Å². The quantitative estimate of drug-likeness (QED) is 0.566. The fraction of sp³-hybridized carbons (Fsp3) is 0.200. The van der Waals surface area contributed by atoms with Crippen molar-refractivity contribution < 1.29 is 29.1 Å². The molecule has 1 aromatic carbocycles. The molecule has 0 radical (unpaired) electrons. The molecule has 0 spiro atoms. The third-order valence-corrected chi connectivity index (χ3v) is 1.67. The molecule has 0 amide bonds. The van der Waals surface area contributed by atoms with Gasteiger partial charge in [0, 0.05) is 0 Å². The second-order valence-electron chi connectivity index (χ2n) is 2.65. The van der Waals surface area contributed by atoms with Gasteiger partial charge in [0.25, 0.3) is 0 Å². The smallest absolute Gasteiger partial charge is 0.293 e. The van der Waals surface area contributed by atoms with Gasteiger partial charge in [0.05, 0.1) is 25.3 Å². The summed E-state index contributed by atoms with van der Waals surface area (Å²) in [5, 5.41) is 0. The summed E-state index contributed by atoms with van der Waals surface area (Å²) >= 11 is 0. The minimum absolute atomic E-state index is 0.260. The number of rotatable bonds is 4. The molecule has 0 heterocycles. The van der Waals surface area contributed by atoms with E-state index in [2.05, 4.69) is 19.6 Å². The zero-order chi connectivity index (χ0) is 12.0. The highest BCUT2D eigenvalue weighted by Crippen LogP contribution is 2.07. The van der Waals surface area contributed by atoms with E-state index in [9.17, 15) is 9.59 Å². The van der Waals surface area contributed by atoms with E-state index in [-0.39, 0.29) is 11.1 Å². The van der Waals surface area contributed by atoms with E-state index in [0.717, 1.165) is 0 Å². The topological polar surface area (TPSA) is 71.1 Å². The third kappa shape index (κ3) is 3.04. The van der Waals surface area contributed by atoms with E-state index >= 15 is 0 Å². The maximum Gasteiger partial charge on any atom is 0.373 e. The van der Waals surface area contributed by atoms with Crippen LogP contribution >= 0.6 is 0 Å². The summed E-state index contributed by atoms with van der Waals surface area (Å²) in [4.78, 5) is 39.3. The Morgan fingerprint density at radius 2 is 1.12 bits per heavy atom. The van der Waals surface area contributed by atoms with Crippen LogP contribution in [0.5, 0.6) is 0 Å². The monoisotopic (exact) mass is 226 g/mol. The molecule has 0 atom stereocenters. The minimum atomic E-state index is -0.644. The first-order valence-corrected chi connectivity index (χ1v) is 4.29. The summed E-state index contributed by atoms with van der Waals surface area (Å²) in [5.74, 6) is -1.29. The van der Waals surface area contributed by atoms with Crippen molar-refractivity contribution in [2.45, 2.75) is 0 Å². The van der Waals surface area contributed by atoms with Gasteiger partial charge >= 0.3 is 11.9 Å². The second kappa shape index (κ2) is 5.84. The van der Waals surface area contributed by atoms with Crippen molar-refractivity contribution >= 4 is 11.9 Å². The summed E-state index contributed by atoms with van der Waals surface area (Å²) < 4.78 is 0. The van der Waals surface area contributed by atoms with Gasteiger partial charge in [-0.1, -0.05) is 0 Å². The Labute approximate surface area is 91.5 Å². The van der Waals surface area contributed by atoms with Crippen LogP contribution in [-0.2, 0) is 19.6 Å². The fourth-order valence-corrected chi connectivity index (χ4v) is 0.990. The van der Waals surface area contributed by atoms with Gasteiger partial charge in [-0.25, -0.2) is 9.59 Å². The largest absolute Gasteiger partial charge is 0.373 e. The van der Waals surface area contributed by atoms with Crippen molar-refractivity contribution in [2.75, 3.05) is 14.2 Å². The Bertz CT molecular complexity index is 332. The molecule has 0 saturated heterocycles. The zero-order valence-corrected chi connectivity index (χ0v) is 8.76. The fourth-order valence-electron chi connectivity index (χ4n) is 0.990. The van der Waals surface area contributed by atoms with E-state index in [0.29, 0.717) is 0 Å². The zero-order valence-electron chi connectivity index (χ0n) is 8.76. The summed E-state index contributed by atoms with van der Waals surface area (Å²) in [6.07, 6.45) is 0. The molecule has 0 fully saturated rings. The van der Waals surface area contributed by atoms with Crippen LogP contribution in [0.25, 0.3) is 0 Å². The Morgan fingerprint density at radius 3 is 1.38 bits per heavy atom. The summed E-state index contributed by atoms with van der Waals surface area (Å²) in [7, 11) is 2.45. The van der Waals surface area contributed by atoms with Crippen molar-refractivity contribution in [2.24, 2.45) is 0 Å². The van der Waals surface area contributed by atoms with Gasteiger partial charge in [0.15, 0.2) is 0 Å². The molecular formula is C10H10O6. The average Bonchev–Trinajstić information content (AvgIpc) is 2.30. The van der Waals surface area contributed by atoms with Gasteiger partial charge in [-0.15, -0.1) is 0 Å². The first-order chi connectivity index (χ1) is 7.69. The molecule has 1 aromatic rings. The maximum absolute atomic E-state index is 11.2. The minimum Gasteiger partial charge on any atom is -0.293 e. The molecule has 6 nitrogen and oxygen atoms in total. The molecule has 0 aromatic heterocycles. The third-order valence-electron chi connectivity index (χ3n) is 1.67. The highest BCUT2D eigenvalue weighted by atomic mass is 17.2. The average molecular weight is 226 g/mol. The molecule has 0 aliphatic heterocycles. The first-order valence-electron chi connectivity index (χ1n) is 4.29. The highest BCUT2D eigenvalue weighted by molar-refractivity contribution is 5.92. The molecule has 0 unspecified atom stereocenters. The molecule has 1 rings (SSSR count). The number of hydrogen-bond donors (Lipinski definition) is 0. The lowest BCUT2D eigenvalue weighted by Crippen LogP contribution is -2.06. The molecule has 0 bridgehead atoms. The second-order valence-corrected chi connectivity index (χ2v) is 2.65. The van der Waals surface area contributed by atoms with Gasteiger partial charge in [-0.3, -0.25) is 9.78 Å². The summed E-state index contributed by atoms with van der Waals surface area (Å²) in [5.41, 5.74) is 0.520. The molecule has 16 heavy (non-hydrogen) atoms. The van der Waals surface area contributed by atoms with Gasteiger partial charge in [-0.05, 0) is 24.3 Å². The van der Waals surface area contributed by atoms with Crippen molar-refractivity contribution in [3.63, 3.8) is 0 Å². The van der Waals surface area contributed by atoms with Crippen molar-refractivity contribution in [3.05, 3.63) is 35.4 Å². The van der Waals surface area contributed by atoms with Crippen molar-refractivity contribution in [1.82, 2.24) is 0 Å². The van der Waals surface area contributed by atoms with E-state index in [4.69, 9.17) is 0 Å². The number of benzene rings is 1. The Morgan fingerprint density at radius 1 is 0.812 bits per heavy atom. The van der Waals surface area contributed by atoms with E-state index in [1.807, 2.05) is 0 Å². The van der Waals surface area contributed by atoms with Crippen LogP contribution in [0.3, 0.4) is 0 Å². The van der Waals surface area contributed by atoms with Gasteiger partial charge in [-0.2, -0.15) is 9.78 Å². The summed E-state index contributed by atoms with van der Waals surface area (Å²) in [6.45, 7) is 0. The molecule has 86 valence electrons. The number of hydrogen-bond acceptors (Lipinski definition) is 6. The lowest BCUT2D eigenvalue weighted by Gasteiger charge is -2.01. The van der Waals surface area contributed by atoms with Crippen LogP contribution in [0.1, 0.15) is 20.7 Å². The molecule has 0 saturated carbocycles. The van der Waals surface area contributed by atoms with Crippen molar-refractivity contribution in [1.29, 1.82) is 0 Å². The van der Waals surface area contributed by atoms with Crippen LogP contribution in [0.4, 0.5) is 0 Å². The molecule has 0 aliphatic carbocycles. The molecular weight excluding hydrogens is 216 g/mol. The molecule has 6 heteroatoms. The lowest BCUT2D eigenvalue weighted by molar-refractivity contribution is -0.216. The Kier molecular flexibility index (Phi) is 4.43. The van der Waals surface area contributed by atoms with E-state index < -0.39 is 11.9 Å². The van der Waals surface area contributed by atoms with Gasteiger partial charge in [0.1, 0.15) is 0 Å². The predicted octanol–water partition coefficient (Wildman–Crippen LogP) is 1.12. The normalized spacial score (nSPS) is 9.62. The van der Waals surface area contributed by atoms with Gasteiger partial charge in [0.2, 0.25) is 0 Å². The van der Waals surface area contributed by atoms with E-state index in [1.54, 1.807) is 0 Å². The molecule has 0 N–H and O–H groups in total. The SMILES string of the molecule is COOC(=O)c1ccc(C(=O)OOC)cc1. The summed E-state index contributed by atoms with van der Waals surface area (Å²) in [6, 6.07) is 5.64. The van der Waals surface area contributed by atoms with Crippen LogP contribution in [0.15, 0.2) is 24.3 Å². The number of carbonyl (C=O) groups is 2. The number of carbonyl (C=O) groups excluding carboxylic acids is 2. The van der Waals surface area contributed by atoms with Crippen molar-refractivity contribution in [3.8, 4) is 0 Å². The highest BCUT2D eigenvalue weighted by Gasteiger charge is 2.11. The molecule has 0 aliphatic rings. The van der Waals surface area contributed by atoms with Gasteiger partial charge < -0.3 is 0 Å². The lowest BCUT2D eigenvalue weighted by atomic mass is 10.1. The Hall–Kier alpha value is -1.92. The standard InChI is InChI=1S/C10H10O6/c1-13-15-9(11)7-3-5-8(6-4-7)10(12)16-14-2/h3-6H,1-2H3. The van der Waals surface area contributed by atoms with Crippen LogP contribution in [0.2, 0.25) is 0 Å². The van der Waals surface area contributed by atoms with Crippen LogP contribution in [0, 0.1) is 0 Å². The predicted molar refractivity (Wildman–Crippen MR) is 51.3 cm³/mol. The van der Waals surface area contributed by atoms with E-state index in [1.165, 1.54) is 38.5 Å². The Balaban J connectivity index is 2.75. The first kappa shape index (κ1) is 12.2. The maximum atomic E-state index is 11.2.